The van der Waals surface area contributed by atoms with E-state index in [0.29, 0.717) is 43.2 Å². The van der Waals surface area contributed by atoms with Gasteiger partial charge in [-0.3, -0.25) is 4.79 Å². The van der Waals surface area contributed by atoms with Crippen molar-refractivity contribution in [3.8, 4) is 5.75 Å². The third-order valence-electron chi connectivity index (χ3n) is 10.5. The molecular formula is C27H41BN2O5S. The van der Waals surface area contributed by atoms with Crippen LogP contribution in [0.5, 0.6) is 5.75 Å². The number of nitrogens with zero attached hydrogens (tertiary/aromatic N) is 2. The van der Waals surface area contributed by atoms with Crippen LogP contribution < -0.4 is 0 Å². The molecule has 0 spiro atoms. The molecule has 1 aromatic rings. The van der Waals surface area contributed by atoms with Gasteiger partial charge in [0.2, 0.25) is 0 Å². The molecule has 0 aromatic heterocycles. The Hall–Kier alpha value is -1.58. The Morgan fingerprint density at radius 3 is 2.33 bits per heavy atom. The minimum Gasteiger partial charge on any atom is -0.508 e. The summed E-state index contributed by atoms with van der Waals surface area (Å²) in [4.78, 5) is 17.7. The van der Waals surface area contributed by atoms with Crippen molar-refractivity contribution in [3.05, 3.63) is 23.3 Å². The van der Waals surface area contributed by atoms with Gasteiger partial charge in [0.1, 0.15) is 5.75 Å². The summed E-state index contributed by atoms with van der Waals surface area (Å²) < 4.78 is 27.6. The average Bonchev–Trinajstić information content (AvgIpc) is 2.79. The van der Waals surface area contributed by atoms with E-state index in [2.05, 4.69) is 27.7 Å². The van der Waals surface area contributed by atoms with Crippen molar-refractivity contribution in [3.63, 3.8) is 0 Å². The van der Waals surface area contributed by atoms with Gasteiger partial charge in [0.05, 0.1) is 10.6 Å². The maximum atomic E-state index is 13.9. The van der Waals surface area contributed by atoms with Gasteiger partial charge in [-0.2, -0.15) is 0 Å². The molecule has 36 heavy (non-hydrogen) atoms. The first kappa shape index (κ1) is 26.0. The van der Waals surface area contributed by atoms with E-state index in [-0.39, 0.29) is 39.1 Å². The number of benzene rings is 1. The Morgan fingerprint density at radius 1 is 1.03 bits per heavy atom. The van der Waals surface area contributed by atoms with Crippen LogP contribution in [0.15, 0.2) is 17.0 Å². The number of fused-ring (bicyclic) bond motifs is 5. The predicted octanol–water partition coefficient (Wildman–Crippen LogP) is 3.55. The molecule has 1 amide bonds. The van der Waals surface area contributed by atoms with Crippen molar-refractivity contribution < 1.29 is 23.3 Å². The van der Waals surface area contributed by atoms with Gasteiger partial charge < -0.3 is 19.8 Å². The SMILES string of the molecule is CB(O)N1CCN(C(=O)c2cc(O)cc3c2[C@]2(C)CC[C@H]4C(C)(C)CCC[C@]4(C)[C@H]2CS3(=O)=O)CC1. The largest absolute Gasteiger partial charge is 0.508 e. The normalized spacial score (nSPS) is 35.3. The second-order valence-electron chi connectivity index (χ2n) is 13.0. The van der Waals surface area contributed by atoms with Crippen molar-refractivity contribution in [2.75, 3.05) is 31.9 Å². The van der Waals surface area contributed by atoms with Gasteiger partial charge >= 0.3 is 7.05 Å². The zero-order valence-electron chi connectivity index (χ0n) is 22.4. The van der Waals surface area contributed by atoms with E-state index < -0.39 is 22.3 Å². The van der Waals surface area contributed by atoms with Crippen LogP contribution in [0.25, 0.3) is 0 Å². The Morgan fingerprint density at radius 2 is 1.69 bits per heavy atom. The number of rotatable bonds is 2. The van der Waals surface area contributed by atoms with E-state index in [1.54, 1.807) is 11.7 Å². The van der Waals surface area contributed by atoms with E-state index >= 15 is 0 Å². The monoisotopic (exact) mass is 516 g/mol. The molecule has 4 aliphatic rings. The van der Waals surface area contributed by atoms with Crippen molar-refractivity contribution >= 4 is 22.8 Å². The Balaban J connectivity index is 1.62. The summed E-state index contributed by atoms with van der Waals surface area (Å²) in [5, 5.41) is 20.5. The Labute approximate surface area is 216 Å². The van der Waals surface area contributed by atoms with Crippen LogP contribution in [0.3, 0.4) is 0 Å². The summed E-state index contributed by atoms with van der Waals surface area (Å²) >= 11 is 0. The van der Waals surface area contributed by atoms with Crippen LogP contribution in [0.1, 0.15) is 75.7 Å². The molecule has 3 fully saturated rings. The van der Waals surface area contributed by atoms with Crippen molar-refractivity contribution in [1.29, 1.82) is 0 Å². The number of hydrogen-bond donors (Lipinski definition) is 2. The number of amides is 1. The quantitative estimate of drug-likeness (QED) is 0.584. The number of sulfone groups is 1. The van der Waals surface area contributed by atoms with Gasteiger partial charge in [-0.25, -0.2) is 8.42 Å². The molecule has 9 heteroatoms. The van der Waals surface area contributed by atoms with Crippen LogP contribution in [0.4, 0.5) is 0 Å². The fourth-order valence-corrected chi connectivity index (χ4v) is 11.0. The van der Waals surface area contributed by atoms with Gasteiger partial charge in [-0.1, -0.05) is 34.1 Å². The summed E-state index contributed by atoms with van der Waals surface area (Å²) in [7, 11) is -4.25. The molecule has 2 aliphatic heterocycles. The number of phenolic OH excluding ortho intramolecular Hbond substituents is 1. The molecule has 198 valence electrons. The highest BCUT2D eigenvalue weighted by Gasteiger charge is 2.62. The molecule has 2 N–H and O–H groups in total. The van der Waals surface area contributed by atoms with Gasteiger partial charge in [0.15, 0.2) is 9.84 Å². The lowest BCUT2D eigenvalue weighted by atomic mass is 9.42. The van der Waals surface area contributed by atoms with Gasteiger partial charge in [0, 0.05) is 31.7 Å². The number of aromatic hydroxyl groups is 1. The summed E-state index contributed by atoms with van der Waals surface area (Å²) in [6.45, 7) is 12.9. The summed E-state index contributed by atoms with van der Waals surface area (Å²) in [5.41, 5.74) is 0.543. The van der Waals surface area contributed by atoms with E-state index in [9.17, 15) is 23.3 Å². The van der Waals surface area contributed by atoms with Gasteiger partial charge in [0.25, 0.3) is 5.91 Å². The molecule has 0 radical (unpaired) electrons. The molecule has 0 bridgehead atoms. The minimum atomic E-state index is -3.68. The first-order chi connectivity index (χ1) is 16.7. The van der Waals surface area contributed by atoms with Crippen LogP contribution in [0.2, 0.25) is 6.82 Å². The average molecular weight is 517 g/mol. The zero-order chi connectivity index (χ0) is 26.3. The molecule has 2 heterocycles. The molecular weight excluding hydrogens is 475 g/mol. The lowest BCUT2D eigenvalue weighted by molar-refractivity contribution is -0.0982. The van der Waals surface area contributed by atoms with E-state index in [0.717, 1.165) is 32.1 Å². The van der Waals surface area contributed by atoms with Gasteiger partial charge in [-0.15, -0.1) is 0 Å². The number of phenols is 1. The topological polar surface area (TPSA) is 98.2 Å². The van der Waals surface area contributed by atoms with E-state index in [1.807, 2.05) is 4.81 Å². The zero-order valence-corrected chi connectivity index (χ0v) is 23.2. The molecule has 0 unspecified atom stereocenters. The second-order valence-corrected chi connectivity index (χ2v) is 15.0. The molecule has 4 atom stereocenters. The maximum absolute atomic E-state index is 13.9. The summed E-state index contributed by atoms with van der Waals surface area (Å²) in [5.74, 6) is 0.0381. The molecule has 5 rings (SSSR count). The van der Waals surface area contributed by atoms with E-state index in [1.165, 1.54) is 12.1 Å². The number of carbonyl (C=O) groups excluding carboxylic acids is 1. The first-order valence-electron chi connectivity index (χ1n) is 13.5. The van der Waals surface area contributed by atoms with Crippen molar-refractivity contribution in [2.24, 2.45) is 22.7 Å². The van der Waals surface area contributed by atoms with Crippen molar-refractivity contribution in [2.45, 2.75) is 76.9 Å². The van der Waals surface area contributed by atoms with Crippen LogP contribution >= 0.6 is 0 Å². The third kappa shape index (κ3) is 3.83. The Bertz CT molecular complexity index is 1180. The number of hydrogen-bond acceptors (Lipinski definition) is 6. The highest BCUT2D eigenvalue weighted by atomic mass is 32.2. The lowest BCUT2D eigenvalue weighted by Crippen LogP contribution is -2.60. The predicted molar refractivity (Wildman–Crippen MR) is 141 cm³/mol. The third-order valence-corrected chi connectivity index (χ3v) is 12.3. The lowest BCUT2D eigenvalue weighted by Gasteiger charge is -2.64. The standard InChI is InChI=1S/C27H41BN2O5S/c1-25(2)8-6-9-26(3)21(25)7-10-27(4)22(26)17-36(34,35)20-16-18(31)15-19(23(20)27)24(32)29-11-13-30(14-12-29)28(5)33/h15-16,21-22,31,33H,6-14,17H2,1-5H3/t21-,22+,26-,27+/m0/s1. The molecule has 7 nitrogen and oxygen atoms in total. The summed E-state index contributed by atoms with van der Waals surface area (Å²) in [6.07, 6.45) is 5.11. The smallest absolute Gasteiger partial charge is 0.376 e. The van der Waals surface area contributed by atoms with Gasteiger partial charge in [-0.05, 0) is 78.3 Å². The first-order valence-corrected chi connectivity index (χ1v) is 15.2. The highest BCUT2D eigenvalue weighted by molar-refractivity contribution is 7.91. The fourth-order valence-electron chi connectivity index (χ4n) is 8.71. The minimum absolute atomic E-state index is 0.0731. The van der Waals surface area contributed by atoms with Crippen LogP contribution in [0, 0.1) is 22.7 Å². The van der Waals surface area contributed by atoms with Crippen LogP contribution in [-0.4, -0.2) is 73.1 Å². The van der Waals surface area contributed by atoms with Crippen LogP contribution in [-0.2, 0) is 15.3 Å². The molecule has 2 aliphatic carbocycles. The molecule has 1 saturated heterocycles. The molecule has 1 aromatic carbocycles. The number of piperazine rings is 1. The summed E-state index contributed by atoms with van der Waals surface area (Å²) in [6, 6.07) is 2.86. The molecule has 2 saturated carbocycles. The Kier molecular flexibility index (Phi) is 6.13. The fraction of sp³-hybridized carbons (Fsp3) is 0.741. The maximum Gasteiger partial charge on any atom is 0.376 e. The highest BCUT2D eigenvalue weighted by Crippen LogP contribution is 2.67. The van der Waals surface area contributed by atoms with E-state index in [4.69, 9.17) is 0 Å². The second kappa shape index (κ2) is 8.47. The number of carbonyl (C=O) groups is 1. The van der Waals surface area contributed by atoms with Crippen molar-refractivity contribution in [1.82, 2.24) is 9.71 Å².